The Morgan fingerprint density at radius 2 is 1.00 bits per heavy atom. The normalized spacial score (nSPS) is 4.40. The Hall–Kier alpha value is 1.45. The Morgan fingerprint density at radius 3 is 1.00 bits per heavy atom. The molecule has 0 rings (SSSR count). The summed E-state index contributed by atoms with van der Waals surface area (Å²) in [5.41, 5.74) is 0. The molecule has 0 amide bonds. The SMILES string of the molecule is [Br][Ni+2][Br].[CH3-].[CH3-]. The van der Waals surface area contributed by atoms with Crippen molar-refractivity contribution in [3.05, 3.63) is 14.9 Å². The van der Waals surface area contributed by atoms with Crippen molar-refractivity contribution >= 4 is 28.5 Å². The largest absolute Gasteiger partial charge is 0.358 e. The van der Waals surface area contributed by atoms with E-state index in [1.807, 2.05) is 0 Å². The van der Waals surface area contributed by atoms with Crippen molar-refractivity contribution in [1.82, 2.24) is 0 Å². The number of rotatable bonds is 0. The van der Waals surface area contributed by atoms with Gasteiger partial charge in [-0.1, -0.05) is 0 Å². The standard InChI is InChI=1S/2CH3.2BrH.Ni/h2*1H3;2*1H;/q2*-1;;;+4/p-2. The maximum atomic E-state index is 3.00. The maximum absolute atomic E-state index is 3.00. The van der Waals surface area contributed by atoms with E-state index in [0.29, 0.717) is 0 Å². The summed E-state index contributed by atoms with van der Waals surface area (Å²) < 4.78 is 0. The summed E-state index contributed by atoms with van der Waals surface area (Å²) in [6, 6.07) is 0. The Balaban J connectivity index is -0.0000000200. The summed E-state index contributed by atoms with van der Waals surface area (Å²) in [4.78, 5) is 0. The molecule has 0 N–H and O–H groups in total. The minimum absolute atomic E-state index is 0. The van der Waals surface area contributed by atoms with Gasteiger partial charge in [-0.15, -0.1) is 0 Å². The molecule has 0 unspecified atom stereocenters. The summed E-state index contributed by atoms with van der Waals surface area (Å²) in [6.07, 6.45) is 0. The van der Waals surface area contributed by atoms with Gasteiger partial charge in [-0.2, -0.15) is 0 Å². The zero-order valence-corrected chi connectivity index (χ0v) is 7.23. The molecule has 0 aromatic heterocycles. The van der Waals surface area contributed by atoms with Gasteiger partial charge in [0.1, 0.15) is 0 Å². The van der Waals surface area contributed by atoms with Gasteiger partial charge in [0.25, 0.3) is 0 Å². The third-order valence-corrected chi connectivity index (χ3v) is 0. The second-order valence-electron chi connectivity index (χ2n) is 0.0452. The number of halogens is 2. The summed E-state index contributed by atoms with van der Waals surface area (Å²) in [6.45, 7) is 0. The molecule has 0 saturated carbocycles. The Morgan fingerprint density at radius 1 is 1.00 bits per heavy atom. The predicted molar refractivity (Wildman–Crippen MR) is 30.7 cm³/mol. The molecular formula is C2H6Br2Ni. The second-order valence-corrected chi connectivity index (χ2v) is 5.03. The van der Waals surface area contributed by atoms with Crippen LogP contribution in [-0.2, 0) is 10.9 Å². The molecule has 0 radical (unpaired) electrons. The Kier molecular flexibility index (Phi) is 57.8. The van der Waals surface area contributed by atoms with Crippen LogP contribution in [0.25, 0.3) is 0 Å². The van der Waals surface area contributed by atoms with Gasteiger partial charge in [0.15, 0.2) is 0 Å². The summed E-state index contributed by atoms with van der Waals surface area (Å²) in [5, 5.41) is 0. The number of hydrogen-bond acceptors (Lipinski definition) is 0. The fourth-order valence-corrected chi connectivity index (χ4v) is 0. The van der Waals surface area contributed by atoms with Crippen LogP contribution in [-0.4, -0.2) is 0 Å². The molecule has 38 valence electrons. The molecule has 0 aliphatic rings. The molecule has 0 aromatic carbocycles. The van der Waals surface area contributed by atoms with Gasteiger partial charge >= 0.3 is 39.3 Å². The van der Waals surface area contributed by atoms with Crippen molar-refractivity contribution in [2.24, 2.45) is 0 Å². The fourth-order valence-electron chi connectivity index (χ4n) is 0. The van der Waals surface area contributed by atoms with Crippen LogP contribution in [0.15, 0.2) is 0 Å². The molecule has 0 spiro atoms. The molecule has 0 saturated heterocycles. The van der Waals surface area contributed by atoms with Gasteiger partial charge in [-0.25, -0.2) is 0 Å². The molecule has 0 fully saturated rings. The second kappa shape index (κ2) is 18.0. The van der Waals surface area contributed by atoms with E-state index >= 15 is 0 Å². The molecule has 0 atom stereocenters. The van der Waals surface area contributed by atoms with Crippen LogP contribution in [0.2, 0.25) is 0 Å². The van der Waals surface area contributed by atoms with Crippen LogP contribution in [0.3, 0.4) is 0 Å². The van der Waals surface area contributed by atoms with E-state index in [-0.39, 0.29) is 14.9 Å². The first-order chi connectivity index (χ1) is 1.41. The monoisotopic (exact) mass is 246 g/mol. The minimum Gasteiger partial charge on any atom is -0.358 e. The first-order valence-corrected chi connectivity index (χ1v) is 5.12. The van der Waals surface area contributed by atoms with Crippen molar-refractivity contribution in [2.45, 2.75) is 0 Å². The first-order valence-electron chi connectivity index (χ1n) is 0.239. The van der Waals surface area contributed by atoms with Crippen LogP contribution < -0.4 is 0 Å². The van der Waals surface area contributed by atoms with Gasteiger partial charge in [-0.3, -0.25) is 0 Å². The van der Waals surface area contributed by atoms with Crippen molar-refractivity contribution < 1.29 is 10.9 Å². The van der Waals surface area contributed by atoms with Crippen LogP contribution in [0.4, 0.5) is 0 Å². The van der Waals surface area contributed by atoms with E-state index in [0.717, 1.165) is 0 Å². The quantitative estimate of drug-likeness (QED) is 0.457. The molecule has 5 heavy (non-hydrogen) atoms. The average molecular weight is 249 g/mol. The Labute approximate surface area is 54.1 Å². The van der Waals surface area contributed by atoms with E-state index in [1.165, 1.54) is 10.9 Å². The molecule has 0 nitrogen and oxygen atoms in total. The molecule has 0 aliphatic heterocycles. The van der Waals surface area contributed by atoms with E-state index in [9.17, 15) is 0 Å². The zero-order valence-electron chi connectivity index (χ0n) is 3.07. The molecule has 3 heteroatoms. The maximum Gasteiger partial charge on any atom is -0.358 e. The summed E-state index contributed by atoms with van der Waals surface area (Å²) in [7, 11) is 1.25. The fraction of sp³-hybridized carbons (Fsp3) is 0. The van der Waals surface area contributed by atoms with Crippen molar-refractivity contribution in [3.63, 3.8) is 0 Å². The van der Waals surface area contributed by atoms with Gasteiger partial charge < -0.3 is 14.9 Å². The third-order valence-electron chi connectivity index (χ3n) is 0. The minimum atomic E-state index is 0. The van der Waals surface area contributed by atoms with E-state index < -0.39 is 0 Å². The summed E-state index contributed by atoms with van der Waals surface area (Å²) >= 11 is 6.00. The van der Waals surface area contributed by atoms with Gasteiger partial charge in [0.05, 0.1) is 0 Å². The third kappa shape index (κ3) is 30.8. The van der Waals surface area contributed by atoms with E-state index in [2.05, 4.69) is 28.5 Å². The van der Waals surface area contributed by atoms with Crippen LogP contribution in [0.1, 0.15) is 0 Å². The van der Waals surface area contributed by atoms with Crippen molar-refractivity contribution in [2.75, 3.05) is 0 Å². The average Bonchev–Trinajstić information content (AvgIpc) is 0.918. The molecule has 0 aromatic rings. The van der Waals surface area contributed by atoms with Gasteiger partial charge in [0.2, 0.25) is 0 Å². The molecule has 0 aliphatic carbocycles. The van der Waals surface area contributed by atoms with Crippen LogP contribution in [0.5, 0.6) is 0 Å². The predicted octanol–water partition coefficient (Wildman–Crippen LogP) is 2.59. The van der Waals surface area contributed by atoms with Gasteiger partial charge in [-0.05, 0) is 0 Å². The van der Waals surface area contributed by atoms with Crippen molar-refractivity contribution in [1.29, 1.82) is 0 Å². The van der Waals surface area contributed by atoms with Crippen molar-refractivity contribution in [3.8, 4) is 0 Å². The summed E-state index contributed by atoms with van der Waals surface area (Å²) in [5.74, 6) is 0. The first kappa shape index (κ1) is 16.1. The molecule has 0 heterocycles. The topological polar surface area (TPSA) is 0 Å². The number of hydrogen-bond donors (Lipinski definition) is 0. The molecule has 0 bridgehead atoms. The molecular weight excluding hydrogens is 243 g/mol. The van der Waals surface area contributed by atoms with Crippen LogP contribution in [0, 0.1) is 14.9 Å². The van der Waals surface area contributed by atoms with Crippen LogP contribution >= 0.6 is 28.5 Å². The van der Waals surface area contributed by atoms with E-state index in [1.54, 1.807) is 0 Å². The smallest absolute Gasteiger partial charge is 0.358 e. The zero-order chi connectivity index (χ0) is 2.71. The van der Waals surface area contributed by atoms with E-state index in [4.69, 9.17) is 0 Å². The van der Waals surface area contributed by atoms with Gasteiger partial charge in [0, 0.05) is 0 Å². The Bertz CT molecular complexity index is 7.61.